The molecule has 6 rings (SSSR count). The zero-order valence-corrected chi connectivity index (χ0v) is 17.8. The highest BCUT2D eigenvalue weighted by Crippen LogP contribution is 2.52. The first-order valence-corrected chi connectivity index (χ1v) is 11.2. The number of aliphatic imine (C=N–C) groups is 1. The van der Waals surface area contributed by atoms with E-state index in [1.807, 2.05) is 0 Å². The van der Waals surface area contributed by atoms with Crippen LogP contribution < -0.4 is 5.32 Å². The molecule has 0 amide bonds. The molecule has 1 fully saturated rings. The molecule has 0 aliphatic carbocycles. The molecule has 0 spiro atoms. The third-order valence-electron chi connectivity index (χ3n) is 6.59. The first-order valence-electron chi connectivity index (χ1n) is 11.2. The number of rotatable bonds is 4. The van der Waals surface area contributed by atoms with Gasteiger partial charge in [0.25, 0.3) is 0 Å². The molecule has 4 atom stereocenters. The normalized spacial score (nSPS) is 24.0. The Morgan fingerprint density at radius 1 is 0.500 bits per heavy atom. The SMILES string of the molecule is c1ccc([C@@H]2N=C3N[C@@H](c4ccccc4)[C@H](c4ccccc4)N3[C@H]2c2ccccc2)cc1. The van der Waals surface area contributed by atoms with Crippen molar-refractivity contribution >= 4 is 5.96 Å². The molecule has 2 heterocycles. The molecule has 3 nitrogen and oxygen atoms in total. The molecule has 3 heteroatoms. The van der Waals surface area contributed by atoms with E-state index >= 15 is 0 Å². The molecule has 0 bridgehead atoms. The maximum absolute atomic E-state index is 5.26. The molecule has 2 aliphatic rings. The van der Waals surface area contributed by atoms with Crippen LogP contribution in [-0.2, 0) is 0 Å². The third kappa shape index (κ3) is 3.18. The molecule has 0 unspecified atom stereocenters. The molecule has 156 valence electrons. The number of hydrogen-bond donors (Lipinski definition) is 1. The number of benzene rings is 4. The molecule has 0 radical (unpaired) electrons. The summed E-state index contributed by atoms with van der Waals surface area (Å²) in [5, 5.41) is 3.79. The van der Waals surface area contributed by atoms with E-state index in [0.29, 0.717) is 0 Å². The lowest BCUT2D eigenvalue weighted by Crippen LogP contribution is -2.31. The molecule has 0 aromatic heterocycles. The van der Waals surface area contributed by atoms with E-state index in [0.717, 1.165) is 5.96 Å². The average molecular weight is 416 g/mol. The number of nitrogens with one attached hydrogen (secondary N) is 1. The van der Waals surface area contributed by atoms with Crippen LogP contribution in [0.5, 0.6) is 0 Å². The van der Waals surface area contributed by atoms with E-state index in [1.54, 1.807) is 0 Å². The van der Waals surface area contributed by atoms with Crippen molar-refractivity contribution in [1.82, 2.24) is 10.2 Å². The zero-order valence-electron chi connectivity index (χ0n) is 17.8. The highest BCUT2D eigenvalue weighted by molar-refractivity contribution is 5.86. The Kier molecular flexibility index (Phi) is 4.73. The molecular weight excluding hydrogens is 390 g/mol. The number of fused-ring (bicyclic) bond motifs is 1. The van der Waals surface area contributed by atoms with E-state index in [-0.39, 0.29) is 24.2 Å². The molecule has 4 aromatic rings. The summed E-state index contributed by atoms with van der Waals surface area (Å²) in [6, 6.07) is 43.5. The van der Waals surface area contributed by atoms with Gasteiger partial charge < -0.3 is 10.2 Å². The van der Waals surface area contributed by atoms with Crippen LogP contribution in [0.2, 0.25) is 0 Å². The lowest BCUT2D eigenvalue weighted by Gasteiger charge is -2.34. The van der Waals surface area contributed by atoms with Gasteiger partial charge in [-0.1, -0.05) is 121 Å². The summed E-state index contributed by atoms with van der Waals surface area (Å²) in [6.45, 7) is 0. The maximum Gasteiger partial charge on any atom is 0.196 e. The third-order valence-corrected chi connectivity index (χ3v) is 6.59. The standard InChI is InChI=1S/C29H25N3/c1-5-13-21(14-6-1)25-27(23-17-9-3-10-18-23)32-28(24-19-11-4-12-20-24)26(31-29(32)30-25)22-15-7-2-8-16-22/h1-20,25-28H,(H,30,31)/t25-,26-,27-,28-/m0/s1. The van der Waals surface area contributed by atoms with Crippen molar-refractivity contribution in [2.75, 3.05) is 0 Å². The molecule has 0 saturated carbocycles. The number of guanidine groups is 1. The quantitative estimate of drug-likeness (QED) is 0.428. The first-order chi connectivity index (χ1) is 15.9. The minimum absolute atomic E-state index is 0.0454. The van der Waals surface area contributed by atoms with Crippen LogP contribution in [0.4, 0.5) is 0 Å². The van der Waals surface area contributed by atoms with Crippen molar-refractivity contribution in [3.8, 4) is 0 Å². The Labute approximate surface area is 189 Å². The second-order valence-corrected chi connectivity index (χ2v) is 8.46. The fourth-order valence-electron chi connectivity index (χ4n) is 5.18. The molecule has 2 aliphatic heterocycles. The van der Waals surface area contributed by atoms with E-state index in [9.17, 15) is 0 Å². The van der Waals surface area contributed by atoms with E-state index < -0.39 is 0 Å². The summed E-state index contributed by atoms with van der Waals surface area (Å²) in [6.07, 6.45) is 0. The Balaban J connectivity index is 1.52. The zero-order chi connectivity index (χ0) is 21.3. The lowest BCUT2D eigenvalue weighted by molar-refractivity contribution is 0.238. The average Bonchev–Trinajstić information content (AvgIpc) is 3.43. The van der Waals surface area contributed by atoms with E-state index in [4.69, 9.17) is 4.99 Å². The molecule has 32 heavy (non-hydrogen) atoms. The van der Waals surface area contributed by atoms with Gasteiger partial charge in [0.1, 0.15) is 6.04 Å². The summed E-state index contributed by atoms with van der Waals surface area (Å²) in [4.78, 5) is 7.77. The summed E-state index contributed by atoms with van der Waals surface area (Å²) in [5.41, 5.74) is 5.11. The molecule has 1 N–H and O–H groups in total. The van der Waals surface area contributed by atoms with Gasteiger partial charge in [0.2, 0.25) is 0 Å². The fourth-order valence-corrected chi connectivity index (χ4v) is 5.18. The van der Waals surface area contributed by atoms with Crippen molar-refractivity contribution in [3.63, 3.8) is 0 Å². The largest absolute Gasteiger partial charge is 0.347 e. The van der Waals surface area contributed by atoms with E-state index in [1.165, 1.54) is 22.3 Å². The molecular formula is C29H25N3. The predicted molar refractivity (Wildman–Crippen MR) is 129 cm³/mol. The fraction of sp³-hybridized carbons (Fsp3) is 0.138. The van der Waals surface area contributed by atoms with Gasteiger partial charge in [-0.25, -0.2) is 4.99 Å². The van der Waals surface area contributed by atoms with Crippen LogP contribution in [-0.4, -0.2) is 10.9 Å². The van der Waals surface area contributed by atoms with Crippen LogP contribution in [0.15, 0.2) is 126 Å². The van der Waals surface area contributed by atoms with Gasteiger partial charge in [-0.2, -0.15) is 0 Å². The monoisotopic (exact) mass is 415 g/mol. The van der Waals surface area contributed by atoms with Crippen LogP contribution in [0.3, 0.4) is 0 Å². The van der Waals surface area contributed by atoms with Gasteiger partial charge in [0.15, 0.2) is 5.96 Å². The topological polar surface area (TPSA) is 27.6 Å². The van der Waals surface area contributed by atoms with Crippen molar-refractivity contribution in [1.29, 1.82) is 0 Å². The van der Waals surface area contributed by atoms with Crippen molar-refractivity contribution < 1.29 is 0 Å². The number of nitrogens with zero attached hydrogens (tertiary/aromatic N) is 2. The summed E-state index contributed by atoms with van der Waals surface area (Å²) >= 11 is 0. The lowest BCUT2D eigenvalue weighted by atomic mass is 9.89. The summed E-state index contributed by atoms with van der Waals surface area (Å²) in [7, 11) is 0. The van der Waals surface area contributed by atoms with Crippen molar-refractivity contribution in [3.05, 3.63) is 144 Å². The molecule has 1 saturated heterocycles. The van der Waals surface area contributed by atoms with Gasteiger partial charge in [0.05, 0.1) is 18.1 Å². The minimum Gasteiger partial charge on any atom is -0.347 e. The summed E-state index contributed by atoms with van der Waals surface area (Å²) < 4.78 is 0. The van der Waals surface area contributed by atoms with Crippen LogP contribution >= 0.6 is 0 Å². The smallest absolute Gasteiger partial charge is 0.196 e. The number of hydrogen-bond acceptors (Lipinski definition) is 3. The van der Waals surface area contributed by atoms with E-state index in [2.05, 4.69) is 132 Å². The Hall–Kier alpha value is -3.85. The van der Waals surface area contributed by atoms with Crippen molar-refractivity contribution in [2.45, 2.75) is 24.2 Å². The second kappa shape index (κ2) is 8.01. The van der Waals surface area contributed by atoms with Gasteiger partial charge in [-0.05, 0) is 22.3 Å². The minimum atomic E-state index is 0.0454. The molecule has 4 aromatic carbocycles. The van der Waals surface area contributed by atoms with Crippen LogP contribution in [0.25, 0.3) is 0 Å². The second-order valence-electron chi connectivity index (χ2n) is 8.46. The van der Waals surface area contributed by atoms with Crippen molar-refractivity contribution in [2.24, 2.45) is 4.99 Å². The van der Waals surface area contributed by atoms with Crippen LogP contribution in [0.1, 0.15) is 46.4 Å². The predicted octanol–water partition coefficient (Wildman–Crippen LogP) is 6.23. The highest BCUT2D eigenvalue weighted by Gasteiger charge is 2.50. The van der Waals surface area contributed by atoms with Crippen LogP contribution in [0, 0.1) is 0 Å². The first kappa shape index (κ1) is 18.9. The Bertz CT molecular complexity index is 1210. The van der Waals surface area contributed by atoms with Gasteiger partial charge in [0, 0.05) is 0 Å². The highest BCUT2D eigenvalue weighted by atomic mass is 15.4. The summed E-state index contributed by atoms with van der Waals surface area (Å²) in [5.74, 6) is 0.982. The Morgan fingerprint density at radius 2 is 0.938 bits per heavy atom. The van der Waals surface area contributed by atoms with Gasteiger partial charge in [-0.15, -0.1) is 0 Å². The van der Waals surface area contributed by atoms with Gasteiger partial charge >= 0.3 is 0 Å². The van der Waals surface area contributed by atoms with Gasteiger partial charge in [-0.3, -0.25) is 0 Å². The Morgan fingerprint density at radius 3 is 1.47 bits per heavy atom. The maximum atomic E-state index is 5.26.